The van der Waals surface area contributed by atoms with Crippen molar-refractivity contribution in [2.45, 2.75) is 13.2 Å². The van der Waals surface area contributed by atoms with Crippen LogP contribution in [-0.2, 0) is 13.2 Å². The molecule has 0 amide bonds. The highest BCUT2D eigenvalue weighted by Gasteiger charge is 2.07. The van der Waals surface area contributed by atoms with Gasteiger partial charge < -0.3 is 14.8 Å². The first-order chi connectivity index (χ1) is 13.1. The summed E-state index contributed by atoms with van der Waals surface area (Å²) in [7, 11) is 1.58. The molecule has 0 spiro atoms. The summed E-state index contributed by atoms with van der Waals surface area (Å²) in [5.41, 5.74) is 2.57. The minimum atomic E-state index is -0.369. The van der Waals surface area contributed by atoms with Crippen molar-refractivity contribution < 1.29 is 13.9 Å². The van der Waals surface area contributed by atoms with Crippen molar-refractivity contribution in [3.05, 3.63) is 87.7 Å². The summed E-state index contributed by atoms with van der Waals surface area (Å²) in [4.78, 5) is 0. The van der Waals surface area contributed by atoms with Crippen molar-refractivity contribution in [1.82, 2.24) is 0 Å². The first kappa shape index (κ1) is 19.3. The van der Waals surface area contributed by atoms with Gasteiger partial charge in [-0.3, -0.25) is 0 Å². The fourth-order valence-corrected chi connectivity index (χ4v) is 3.04. The zero-order chi connectivity index (χ0) is 19.2. The van der Waals surface area contributed by atoms with Crippen molar-refractivity contribution in [2.75, 3.05) is 12.4 Å². The van der Waals surface area contributed by atoms with Gasteiger partial charge in [-0.25, -0.2) is 4.39 Å². The van der Waals surface area contributed by atoms with E-state index in [9.17, 15) is 4.39 Å². The maximum absolute atomic E-state index is 13.2. The number of hydrogen-bond donors (Lipinski definition) is 1. The lowest BCUT2D eigenvalue weighted by molar-refractivity contribution is 0.303. The fourth-order valence-electron chi connectivity index (χ4n) is 2.56. The molecule has 0 aliphatic carbocycles. The predicted molar refractivity (Wildman–Crippen MR) is 108 cm³/mol. The zero-order valence-electron chi connectivity index (χ0n) is 14.6. The molecule has 3 aromatic carbocycles. The van der Waals surface area contributed by atoms with E-state index in [2.05, 4.69) is 5.32 Å². The van der Waals surface area contributed by atoms with Gasteiger partial charge in [0, 0.05) is 23.4 Å². The summed E-state index contributed by atoms with van der Waals surface area (Å²) in [6, 6.07) is 17.5. The maximum atomic E-state index is 13.2. The second kappa shape index (κ2) is 8.98. The Morgan fingerprint density at radius 1 is 0.889 bits per heavy atom. The molecule has 0 heterocycles. The first-order valence-corrected chi connectivity index (χ1v) is 9.04. The lowest BCUT2D eigenvalue weighted by Crippen LogP contribution is -2.04. The van der Waals surface area contributed by atoms with Crippen LogP contribution >= 0.6 is 23.2 Å². The van der Waals surface area contributed by atoms with Crippen molar-refractivity contribution in [3.8, 4) is 11.5 Å². The third-order valence-electron chi connectivity index (χ3n) is 4.01. The van der Waals surface area contributed by atoms with Crippen LogP contribution in [0.25, 0.3) is 0 Å². The molecule has 0 bridgehead atoms. The Morgan fingerprint density at radius 3 is 2.44 bits per heavy atom. The van der Waals surface area contributed by atoms with E-state index in [0.717, 1.165) is 22.6 Å². The molecule has 1 N–H and O–H groups in total. The molecule has 0 radical (unpaired) electrons. The van der Waals surface area contributed by atoms with Crippen molar-refractivity contribution in [1.29, 1.82) is 0 Å². The van der Waals surface area contributed by atoms with E-state index in [1.807, 2.05) is 42.5 Å². The third kappa shape index (κ3) is 5.06. The summed E-state index contributed by atoms with van der Waals surface area (Å²) in [6.07, 6.45) is 0. The molecule has 0 aromatic heterocycles. The Hall–Kier alpha value is -2.43. The van der Waals surface area contributed by atoms with E-state index >= 15 is 0 Å². The topological polar surface area (TPSA) is 30.5 Å². The average Bonchev–Trinajstić information content (AvgIpc) is 2.66. The van der Waals surface area contributed by atoms with E-state index in [0.29, 0.717) is 22.3 Å². The second-order valence-corrected chi connectivity index (χ2v) is 6.65. The molecule has 0 unspecified atom stereocenters. The summed E-state index contributed by atoms with van der Waals surface area (Å²) in [5, 5.41) is 4.20. The summed E-state index contributed by atoms with van der Waals surface area (Å²) >= 11 is 12.2. The molecule has 140 valence electrons. The molecule has 0 atom stereocenters. The van der Waals surface area contributed by atoms with Gasteiger partial charge >= 0.3 is 0 Å². The monoisotopic (exact) mass is 405 g/mol. The Morgan fingerprint density at radius 2 is 1.70 bits per heavy atom. The summed E-state index contributed by atoms with van der Waals surface area (Å²) < 4.78 is 24.2. The average molecular weight is 406 g/mol. The van der Waals surface area contributed by atoms with Crippen LogP contribution < -0.4 is 14.8 Å². The van der Waals surface area contributed by atoms with Crippen LogP contribution in [0.2, 0.25) is 10.0 Å². The van der Waals surface area contributed by atoms with Crippen LogP contribution in [0.3, 0.4) is 0 Å². The van der Waals surface area contributed by atoms with Crippen molar-refractivity contribution >= 4 is 28.9 Å². The Bertz CT molecular complexity index is 934. The highest BCUT2D eigenvalue weighted by molar-refractivity contribution is 6.32. The largest absolute Gasteiger partial charge is 0.495 e. The number of benzene rings is 3. The van der Waals surface area contributed by atoms with E-state index in [4.69, 9.17) is 32.7 Å². The maximum Gasteiger partial charge on any atom is 0.137 e. The smallest absolute Gasteiger partial charge is 0.137 e. The molecule has 3 nitrogen and oxygen atoms in total. The van der Waals surface area contributed by atoms with Crippen LogP contribution in [0.4, 0.5) is 10.1 Å². The number of nitrogens with one attached hydrogen (secondary N) is 1. The number of halogens is 3. The standard InChI is InChI=1S/C21H18Cl2FNO2/c1-26-21-9-8-17(11-19(21)23)25-12-14-4-2-3-5-20(14)27-13-15-6-7-16(24)10-18(15)22/h2-11,25H,12-13H2,1H3. The SMILES string of the molecule is COc1ccc(NCc2ccccc2OCc2ccc(F)cc2Cl)cc1Cl. The molecule has 0 aliphatic heterocycles. The van der Waals surface area contributed by atoms with Crippen LogP contribution in [0, 0.1) is 5.82 Å². The zero-order valence-corrected chi connectivity index (χ0v) is 16.1. The normalized spacial score (nSPS) is 10.5. The Labute approximate surface area is 167 Å². The van der Waals surface area contributed by atoms with Gasteiger partial charge in [0.2, 0.25) is 0 Å². The van der Waals surface area contributed by atoms with Gasteiger partial charge in [-0.15, -0.1) is 0 Å². The van der Waals surface area contributed by atoms with E-state index in [-0.39, 0.29) is 12.4 Å². The molecule has 6 heteroatoms. The molecule has 0 fully saturated rings. The van der Waals surface area contributed by atoms with Gasteiger partial charge in [-0.05, 0) is 36.4 Å². The number of para-hydroxylation sites is 1. The third-order valence-corrected chi connectivity index (χ3v) is 4.65. The van der Waals surface area contributed by atoms with E-state index < -0.39 is 0 Å². The quantitative estimate of drug-likeness (QED) is 0.497. The minimum Gasteiger partial charge on any atom is -0.495 e. The second-order valence-electron chi connectivity index (χ2n) is 5.84. The van der Waals surface area contributed by atoms with Crippen LogP contribution in [-0.4, -0.2) is 7.11 Å². The number of hydrogen-bond acceptors (Lipinski definition) is 3. The predicted octanol–water partition coefficient (Wildman–Crippen LogP) is 6.33. The van der Waals surface area contributed by atoms with Crippen LogP contribution in [0.5, 0.6) is 11.5 Å². The van der Waals surface area contributed by atoms with Gasteiger partial charge in [0.1, 0.15) is 23.9 Å². The number of ether oxygens (including phenoxy) is 2. The molecular weight excluding hydrogens is 388 g/mol. The molecule has 3 rings (SSSR count). The number of methoxy groups -OCH3 is 1. The first-order valence-electron chi connectivity index (χ1n) is 8.29. The summed E-state index contributed by atoms with van der Waals surface area (Å²) in [5.74, 6) is 0.985. The van der Waals surface area contributed by atoms with Gasteiger partial charge in [-0.2, -0.15) is 0 Å². The van der Waals surface area contributed by atoms with E-state index in [1.54, 1.807) is 13.2 Å². The minimum absolute atomic E-state index is 0.254. The Balaban J connectivity index is 1.67. The van der Waals surface area contributed by atoms with E-state index in [1.165, 1.54) is 12.1 Å². The summed E-state index contributed by atoms with van der Waals surface area (Å²) in [6.45, 7) is 0.806. The number of rotatable bonds is 7. The highest BCUT2D eigenvalue weighted by Crippen LogP contribution is 2.28. The highest BCUT2D eigenvalue weighted by atomic mass is 35.5. The molecule has 3 aromatic rings. The van der Waals surface area contributed by atoms with Crippen LogP contribution in [0.1, 0.15) is 11.1 Å². The lowest BCUT2D eigenvalue weighted by Gasteiger charge is -2.14. The van der Waals surface area contributed by atoms with Crippen molar-refractivity contribution in [2.24, 2.45) is 0 Å². The molecule has 27 heavy (non-hydrogen) atoms. The molecule has 0 aliphatic rings. The number of anilines is 1. The fraction of sp³-hybridized carbons (Fsp3) is 0.143. The van der Waals surface area contributed by atoms with Gasteiger partial charge in [0.05, 0.1) is 17.2 Å². The molecular formula is C21H18Cl2FNO2. The Kier molecular flexibility index (Phi) is 6.43. The van der Waals surface area contributed by atoms with Crippen molar-refractivity contribution in [3.63, 3.8) is 0 Å². The van der Waals surface area contributed by atoms with Crippen LogP contribution in [0.15, 0.2) is 60.7 Å². The van der Waals surface area contributed by atoms with Gasteiger partial charge in [0.15, 0.2) is 0 Å². The van der Waals surface area contributed by atoms with Gasteiger partial charge in [0.25, 0.3) is 0 Å². The lowest BCUT2D eigenvalue weighted by atomic mass is 10.2. The molecule has 0 saturated heterocycles. The molecule has 0 saturated carbocycles. The van der Waals surface area contributed by atoms with Gasteiger partial charge in [-0.1, -0.05) is 47.5 Å².